The van der Waals surface area contributed by atoms with Crippen LogP contribution in [-0.2, 0) is 0 Å². The molecule has 3 fully saturated rings. The van der Waals surface area contributed by atoms with Crippen LogP contribution in [0.3, 0.4) is 0 Å². The van der Waals surface area contributed by atoms with Crippen molar-refractivity contribution < 1.29 is 14.4 Å². The molecule has 1 aromatic heterocycles. The lowest BCUT2D eigenvalue weighted by molar-refractivity contribution is 0.0616. The van der Waals surface area contributed by atoms with E-state index in [9.17, 15) is 9.90 Å². The molecule has 21 heavy (non-hydrogen) atoms. The number of hydrogen-bond donors (Lipinski definition) is 2. The summed E-state index contributed by atoms with van der Waals surface area (Å²) < 4.78 is 5.14. The molecule has 6 heteroatoms. The Morgan fingerprint density at radius 2 is 2.19 bits per heavy atom. The SMILES string of the molecule is O=C(N[C@@H]1CN2CCC1CC2)c1noc2ccc(O)cc12. The Morgan fingerprint density at radius 1 is 1.38 bits per heavy atom. The molecule has 1 aromatic carbocycles. The molecular formula is C15H17N3O3. The van der Waals surface area contributed by atoms with Crippen molar-refractivity contribution in [2.75, 3.05) is 19.6 Å². The van der Waals surface area contributed by atoms with E-state index in [0.717, 1.165) is 32.5 Å². The van der Waals surface area contributed by atoms with Gasteiger partial charge < -0.3 is 19.8 Å². The first kappa shape index (κ1) is 12.6. The fourth-order valence-corrected chi connectivity index (χ4v) is 3.46. The largest absolute Gasteiger partial charge is 0.508 e. The van der Waals surface area contributed by atoms with Gasteiger partial charge in [-0.3, -0.25) is 4.79 Å². The Balaban J connectivity index is 1.57. The van der Waals surface area contributed by atoms with Crippen LogP contribution >= 0.6 is 0 Å². The summed E-state index contributed by atoms with van der Waals surface area (Å²) in [7, 11) is 0. The van der Waals surface area contributed by atoms with E-state index in [0.29, 0.717) is 16.9 Å². The van der Waals surface area contributed by atoms with Gasteiger partial charge in [-0.25, -0.2) is 0 Å². The summed E-state index contributed by atoms with van der Waals surface area (Å²) >= 11 is 0. The molecule has 5 rings (SSSR count). The van der Waals surface area contributed by atoms with Gasteiger partial charge in [-0.2, -0.15) is 0 Å². The Bertz CT molecular complexity index is 689. The lowest BCUT2D eigenvalue weighted by Gasteiger charge is -2.44. The highest BCUT2D eigenvalue weighted by atomic mass is 16.5. The van der Waals surface area contributed by atoms with E-state index in [2.05, 4.69) is 15.4 Å². The number of benzene rings is 1. The summed E-state index contributed by atoms with van der Waals surface area (Å²) in [5.74, 6) is 0.436. The van der Waals surface area contributed by atoms with Gasteiger partial charge in [-0.05, 0) is 50.0 Å². The van der Waals surface area contributed by atoms with Gasteiger partial charge >= 0.3 is 0 Å². The number of nitrogens with zero attached hydrogens (tertiary/aromatic N) is 2. The average molecular weight is 287 g/mol. The van der Waals surface area contributed by atoms with Gasteiger partial charge in [-0.15, -0.1) is 0 Å². The molecule has 3 aliphatic rings. The van der Waals surface area contributed by atoms with Crippen molar-refractivity contribution in [1.82, 2.24) is 15.4 Å². The molecule has 0 radical (unpaired) electrons. The third-order valence-corrected chi connectivity index (χ3v) is 4.64. The molecule has 0 saturated carbocycles. The van der Waals surface area contributed by atoms with Crippen LogP contribution in [0.4, 0.5) is 0 Å². The maximum absolute atomic E-state index is 12.4. The molecule has 2 bridgehead atoms. The van der Waals surface area contributed by atoms with Gasteiger partial charge in [0.1, 0.15) is 5.75 Å². The topological polar surface area (TPSA) is 78.6 Å². The smallest absolute Gasteiger partial charge is 0.274 e. The molecule has 2 aromatic rings. The molecule has 0 spiro atoms. The van der Waals surface area contributed by atoms with Crippen LogP contribution in [0.15, 0.2) is 22.7 Å². The van der Waals surface area contributed by atoms with Crippen LogP contribution in [0.25, 0.3) is 11.0 Å². The third kappa shape index (κ3) is 2.15. The Labute approximate surface area is 121 Å². The summed E-state index contributed by atoms with van der Waals surface area (Å²) in [6, 6.07) is 4.83. The van der Waals surface area contributed by atoms with Gasteiger partial charge in [0.25, 0.3) is 5.91 Å². The Hall–Kier alpha value is -2.08. The van der Waals surface area contributed by atoms with Crippen LogP contribution in [0.2, 0.25) is 0 Å². The molecule has 6 nitrogen and oxygen atoms in total. The van der Waals surface area contributed by atoms with Gasteiger partial charge in [0.05, 0.1) is 5.39 Å². The maximum atomic E-state index is 12.4. The van der Waals surface area contributed by atoms with Crippen molar-refractivity contribution in [2.45, 2.75) is 18.9 Å². The predicted octanol–water partition coefficient (Wildman–Crippen LogP) is 1.36. The zero-order valence-electron chi connectivity index (χ0n) is 11.6. The van der Waals surface area contributed by atoms with Crippen molar-refractivity contribution in [1.29, 1.82) is 0 Å². The zero-order valence-corrected chi connectivity index (χ0v) is 11.6. The molecule has 0 unspecified atom stereocenters. The first-order valence-electron chi connectivity index (χ1n) is 7.32. The summed E-state index contributed by atoms with van der Waals surface area (Å²) in [6.07, 6.45) is 2.29. The third-order valence-electron chi connectivity index (χ3n) is 4.64. The number of aromatic hydroxyl groups is 1. The minimum Gasteiger partial charge on any atom is -0.508 e. The fourth-order valence-electron chi connectivity index (χ4n) is 3.46. The van der Waals surface area contributed by atoms with Crippen molar-refractivity contribution >= 4 is 16.9 Å². The molecule has 3 saturated heterocycles. The lowest BCUT2D eigenvalue weighted by Crippen LogP contribution is -2.57. The number of carbonyl (C=O) groups excluding carboxylic acids is 1. The maximum Gasteiger partial charge on any atom is 0.274 e. The molecule has 3 aliphatic heterocycles. The Morgan fingerprint density at radius 3 is 2.90 bits per heavy atom. The van der Waals surface area contributed by atoms with E-state index in [1.807, 2.05) is 0 Å². The minimum atomic E-state index is -0.224. The van der Waals surface area contributed by atoms with Crippen LogP contribution in [-0.4, -0.2) is 46.7 Å². The van der Waals surface area contributed by atoms with E-state index in [-0.39, 0.29) is 23.4 Å². The van der Waals surface area contributed by atoms with E-state index in [1.54, 1.807) is 6.07 Å². The monoisotopic (exact) mass is 287 g/mol. The highest BCUT2D eigenvalue weighted by Crippen LogP contribution is 2.28. The van der Waals surface area contributed by atoms with Gasteiger partial charge in [0.15, 0.2) is 11.3 Å². The summed E-state index contributed by atoms with van der Waals surface area (Å²) in [4.78, 5) is 14.8. The lowest BCUT2D eigenvalue weighted by atomic mass is 9.84. The molecular weight excluding hydrogens is 270 g/mol. The quantitative estimate of drug-likeness (QED) is 0.872. The number of hydrogen-bond acceptors (Lipinski definition) is 5. The number of phenolic OH excluding ortho intramolecular Hbond substituents is 1. The fraction of sp³-hybridized carbons (Fsp3) is 0.467. The van der Waals surface area contributed by atoms with E-state index >= 15 is 0 Å². The molecule has 4 heterocycles. The second-order valence-electron chi connectivity index (χ2n) is 5.93. The first-order chi connectivity index (χ1) is 10.2. The number of nitrogens with one attached hydrogen (secondary N) is 1. The normalized spacial score (nSPS) is 27.9. The second-order valence-corrected chi connectivity index (χ2v) is 5.93. The number of carbonyl (C=O) groups is 1. The van der Waals surface area contributed by atoms with Crippen molar-refractivity contribution in [2.24, 2.45) is 5.92 Å². The molecule has 1 amide bonds. The van der Waals surface area contributed by atoms with E-state index in [4.69, 9.17) is 4.52 Å². The zero-order chi connectivity index (χ0) is 14.4. The number of aromatic nitrogens is 1. The molecule has 110 valence electrons. The standard InChI is InChI=1S/C15H17N3O3/c19-10-1-2-13-11(7-10)14(17-21-13)15(20)16-12-8-18-5-3-9(12)4-6-18/h1-2,7,9,12,19H,3-6,8H2,(H,16,20)/t12-/m1/s1. The van der Waals surface area contributed by atoms with Crippen LogP contribution in [0, 0.1) is 5.92 Å². The summed E-state index contributed by atoms with van der Waals surface area (Å²) in [5.41, 5.74) is 0.754. The highest BCUT2D eigenvalue weighted by molar-refractivity contribution is 6.04. The number of rotatable bonds is 2. The molecule has 1 atom stereocenters. The van der Waals surface area contributed by atoms with Crippen LogP contribution in [0.1, 0.15) is 23.3 Å². The highest BCUT2D eigenvalue weighted by Gasteiger charge is 2.35. The first-order valence-corrected chi connectivity index (χ1v) is 7.32. The molecule has 2 N–H and O–H groups in total. The number of phenols is 1. The van der Waals surface area contributed by atoms with E-state index in [1.165, 1.54) is 12.1 Å². The number of piperidine rings is 3. The number of fused-ring (bicyclic) bond motifs is 4. The predicted molar refractivity (Wildman–Crippen MR) is 76.1 cm³/mol. The van der Waals surface area contributed by atoms with Gasteiger partial charge in [0.2, 0.25) is 0 Å². The minimum absolute atomic E-state index is 0.0996. The van der Waals surface area contributed by atoms with Crippen LogP contribution < -0.4 is 5.32 Å². The summed E-state index contributed by atoms with van der Waals surface area (Å²) in [6.45, 7) is 3.19. The van der Waals surface area contributed by atoms with Crippen molar-refractivity contribution in [3.8, 4) is 5.75 Å². The van der Waals surface area contributed by atoms with Crippen LogP contribution in [0.5, 0.6) is 5.75 Å². The second kappa shape index (κ2) is 4.73. The van der Waals surface area contributed by atoms with Crippen molar-refractivity contribution in [3.63, 3.8) is 0 Å². The van der Waals surface area contributed by atoms with Gasteiger partial charge in [0, 0.05) is 12.6 Å². The van der Waals surface area contributed by atoms with E-state index < -0.39 is 0 Å². The average Bonchev–Trinajstić information content (AvgIpc) is 2.91. The number of amides is 1. The van der Waals surface area contributed by atoms with Gasteiger partial charge in [-0.1, -0.05) is 5.16 Å². The molecule has 0 aliphatic carbocycles. The summed E-state index contributed by atoms with van der Waals surface area (Å²) in [5, 5.41) is 17.0. The Kier molecular flexibility index (Phi) is 2.85. The van der Waals surface area contributed by atoms with Crippen molar-refractivity contribution in [3.05, 3.63) is 23.9 Å².